The fourth-order valence-electron chi connectivity index (χ4n) is 1.54. The van der Waals surface area contributed by atoms with Crippen LogP contribution in [0.5, 0.6) is 5.75 Å². The number of rotatable bonds is 5. The van der Waals surface area contributed by atoms with E-state index in [-0.39, 0.29) is 12.5 Å². The van der Waals surface area contributed by atoms with E-state index in [1.165, 1.54) is 0 Å². The zero-order chi connectivity index (χ0) is 11.3. The predicted octanol–water partition coefficient (Wildman–Crippen LogP) is 2.69. The number of benzene rings is 1. The van der Waals surface area contributed by atoms with Crippen molar-refractivity contribution in [1.82, 2.24) is 0 Å². The third kappa shape index (κ3) is 2.96. The highest BCUT2D eigenvalue weighted by molar-refractivity contribution is 5.41. The van der Waals surface area contributed by atoms with E-state index < -0.39 is 0 Å². The second-order valence-electron chi connectivity index (χ2n) is 3.70. The monoisotopic (exact) mass is 207 g/mol. The van der Waals surface area contributed by atoms with E-state index in [1.807, 2.05) is 25.1 Å². The maximum Gasteiger partial charge on any atom is 0.122 e. The standard InChI is InChI=1S/C13H19O2/c1-4-8-15-13-7-5-6-12(11(13)3)10(2)9-14/h5-7,10,14H,2,4,8-9H2,1,3H3. The van der Waals surface area contributed by atoms with Gasteiger partial charge in [-0.1, -0.05) is 19.1 Å². The van der Waals surface area contributed by atoms with Crippen LogP contribution in [0.1, 0.15) is 30.4 Å². The van der Waals surface area contributed by atoms with Crippen LogP contribution in [0.2, 0.25) is 0 Å². The van der Waals surface area contributed by atoms with Crippen molar-refractivity contribution >= 4 is 0 Å². The van der Waals surface area contributed by atoms with Crippen molar-refractivity contribution in [3.63, 3.8) is 0 Å². The lowest BCUT2D eigenvalue weighted by Crippen LogP contribution is -2.04. The van der Waals surface area contributed by atoms with Gasteiger partial charge in [0.25, 0.3) is 0 Å². The maximum absolute atomic E-state index is 9.08. The average Bonchev–Trinajstić information content (AvgIpc) is 2.27. The molecule has 0 spiro atoms. The zero-order valence-electron chi connectivity index (χ0n) is 9.49. The molecule has 1 unspecified atom stereocenters. The van der Waals surface area contributed by atoms with E-state index in [1.54, 1.807) is 0 Å². The molecule has 0 aliphatic heterocycles. The van der Waals surface area contributed by atoms with Gasteiger partial charge < -0.3 is 9.84 Å². The van der Waals surface area contributed by atoms with Crippen molar-refractivity contribution in [2.45, 2.75) is 26.2 Å². The van der Waals surface area contributed by atoms with Crippen LogP contribution in [0.4, 0.5) is 0 Å². The van der Waals surface area contributed by atoms with Crippen molar-refractivity contribution in [3.05, 3.63) is 36.2 Å². The minimum absolute atomic E-state index is 0.0675. The van der Waals surface area contributed by atoms with Gasteiger partial charge in [-0.15, -0.1) is 0 Å². The molecule has 1 radical (unpaired) electrons. The minimum atomic E-state index is -0.0739. The SMILES string of the molecule is [CH2]C(CO)c1cccc(OCCC)c1C. The second-order valence-corrected chi connectivity index (χ2v) is 3.70. The van der Waals surface area contributed by atoms with Gasteiger partial charge in [0, 0.05) is 12.5 Å². The van der Waals surface area contributed by atoms with Gasteiger partial charge >= 0.3 is 0 Å². The third-order valence-electron chi connectivity index (χ3n) is 2.45. The Kier molecular flexibility index (Phi) is 4.63. The lowest BCUT2D eigenvalue weighted by atomic mass is 9.96. The molecule has 1 aromatic rings. The number of aliphatic hydroxyl groups is 1. The van der Waals surface area contributed by atoms with Crippen LogP contribution in [-0.2, 0) is 0 Å². The van der Waals surface area contributed by atoms with Gasteiger partial charge in [-0.25, -0.2) is 0 Å². The average molecular weight is 207 g/mol. The summed E-state index contributed by atoms with van der Waals surface area (Å²) in [6, 6.07) is 5.89. The number of hydrogen-bond acceptors (Lipinski definition) is 2. The molecule has 0 aromatic heterocycles. The van der Waals surface area contributed by atoms with Crippen molar-refractivity contribution in [2.75, 3.05) is 13.2 Å². The van der Waals surface area contributed by atoms with Crippen LogP contribution in [0.15, 0.2) is 18.2 Å². The highest BCUT2D eigenvalue weighted by atomic mass is 16.5. The Morgan fingerprint density at radius 2 is 2.20 bits per heavy atom. The van der Waals surface area contributed by atoms with Crippen LogP contribution in [0.3, 0.4) is 0 Å². The first-order valence-electron chi connectivity index (χ1n) is 5.37. The van der Waals surface area contributed by atoms with Crippen molar-refractivity contribution in [1.29, 1.82) is 0 Å². The predicted molar refractivity (Wildman–Crippen MR) is 62.1 cm³/mol. The molecule has 0 bridgehead atoms. The van der Waals surface area contributed by atoms with Crippen LogP contribution in [0.25, 0.3) is 0 Å². The molecular weight excluding hydrogens is 188 g/mol. The first-order chi connectivity index (χ1) is 7.20. The zero-order valence-corrected chi connectivity index (χ0v) is 9.49. The highest BCUT2D eigenvalue weighted by Crippen LogP contribution is 2.26. The number of aliphatic hydroxyl groups excluding tert-OH is 1. The molecule has 0 saturated heterocycles. The molecule has 15 heavy (non-hydrogen) atoms. The molecule has 83 valence electrons. The van der Waals surface area contributed by atoms with Crippen LogP contribution >= 0.6 is 0 Å². The van der Waals surface area contributed by atoms with Crippen molar-refractivity contribution < 1.29 is 9.84 Å². The fourth-order valence-corrected chi connectivity index (χ4v) is 1.54. The van der Waals surface area contributed by atoms with Gasteiger partial charge in [0.1, 0.15) is 5.75 Å². The Bertz CT molecular complexity index is 307. The summed E-state index contributed by atoms with van der Waals surface area (Å²) in [6.45, 7) is 8.79. The molecule has 1 rings (SSSR count). The summed E-state index contributed by atoms with van der Waals surface area (Å²) >= 11 is 0. The summed E-state index contributed by atoms with van der Waals surface area (Å²) in [5.74, 6) is 0.826. The molecule has 0 amide bonds. The Morgan fingerprint density at radius 3 is 2.80 bits per heavy atom. The fraction of sp³-hybridized carbons (Fsp3) is 0.462. The van der Waals surface area contributed by atoms with Gasteiger partial charge in [-0.3, -0.25) is 0 Å². The van der Waals surface area contributed by atoms with Gasteiger partial charge in [0.05, 0.1) is 6.61 Å². The molecule has 1 atom stereocenters. The van der Waals surface area contributed by atoms with Crippen LogP contribution < -0.4 is 4.74 Å². The molecule has 0 aliphatic rings. The molecule has 2 nitrogen and oxygen atoms in total. The minimum Gasteiger partial charge on any atom is -0.493 e. The van der Waals surface area contributed by atoms with Gasteiger partial charge in [0.15, 0.2) is 0 Å². The van der Waals surface area contributed by atoms with Crippen LogP contribution in [0, 0.1) is 13.8 Å². The molecular formula is C13H19O2. The van der Waals surface area contributed by atoms with Crippen LogP contribution in [-0.4, -0.2) is 18.3 Å². The summed E-state index contributed by atoms with van der Waals surface area (Å²) in [7, 11) is 0. The Hall–Kier alpha value is -1.02. The van der Waals surface area contributed by atoms with E-state index >= 15 is 0 Å². The van der Waals surface area contributed by atoms with Crippen molar-refractivity contribution in [2.24, 2.45) is 0 Å². The van der Waals surface area contributed by atoms with E-state index in [9.17, 15) is 0 Å². The summed E-state index contributed by atoms with van der Waals surface area (Å²) in [6.07, 6.45) is 0.997. The molecule has 0 saturated carbocycles. The van der Waals surface area contributed by atoms with Gasteiger partial charge in [-0.05, 0) is 37.5 Å². The molecule has 0 heterocycles. The highest BCUT2D eigenvalue weighted by Gasteiger charge is 2.10. The quantitative estimate of drug-likeness (QED) is 0.804. The molecule has 0 aliphatic carbocycles. The summed E-state index contributed by atoms with van der Waals surface area (Å²) < 4.78 is 5.61. The lowest BCUT2D eigenvalue weighted by molar-refractivity contribution is 0.281. The second kappa shape index (κ2) is 5.76. The van der Waals surface area contributed by atoms with Crippen molar-refractivity contribution in [3.8, 4) is 5.75 Å². The Balaban J connectivity index is 2.90. The Labute approximate surface area is 91.9 Å². The molecule has 1 aromatic carbocycles. The smallest absolute Gasteiger partial charge is 0.122 e. The lowest BCUT2D eigenvalue weighted by Gasteiger charge is -2.15. The number of hydrogen-bond donors (Lipinski definition) is 1. The first-order valence-corrected chi connectivity index (χ1v) is 5.37. The van der Waals surface area contributed by atoms with Gasteiger partial charge in [-0.2, -0.15) is 0 Å². The summed E-state index contributed by atoms with van der Waals surface area (Å²) in [5.41, 5.74) is 2.14. The van der Waals surface area contributed by atoms with E-state index in [2.05, 4.69) is 13.8 Å². The van der Waals surface area contributed by atoms with E-state index in [4.69, 9.17) is 9.84 Å². The van der Waals surface area contributed by atoms with E-state index in [0.29, 0.717) is 0 Å². The summed E-state index contributed by atoms with van der Waals surface area (Å²) in [5, 5.41) is 9.08. The number of ether oxygens (including phenoxy) is 1. The Morgan fingerprint density at radius 1 is 1.47 bits per heavy atom. The molecule has 0 fully saturated rings. The van der Waals surface area contributed by atoms with Gasteiger partial charge in [0.2, 0.25) is 0 Å². The third-order valence-corrected chi connectivity index (χ3v) is 2.45. The molecule has 2 heteroatoms. The maximum atomic E-state index is 9.08. The molecule has 1 N–H and O–H groups in total. The normalized spacial score (nSPS) is 12.5. The van der Waals surface area contributed by atoms with E-state index in [0.717, 1.165) is 29.9 Å². The summed E-state index contributed by atoms with van der Waals surface area (Å²) in [4.78, 5) is 0. The topological polar surface area (TPSA) is 29.5 Å². The largest absolute Gasteiger partial charge is 0.493 e. The first kappa shape index (κ1) is 12.1.